The van der Waals surface area contributed by atoms with Gasteiger partial charge in [0.15, 0.2) is 0 Å². The molecule has 0 saturated heterocycles. The number of hydrogen-bond donors (Lipinski definition) is 1. The fourth-order valence-corrected chi connectivity index (χ4v) is 1.87. The molecule has 0 spiro atoms. The summed E-state index contributed by atoms with van der Waals surface area (Å²) in [7, 11) is 0. The van der Waals surface area contributed by atoms with Crippen molar-refractivity contribution in [3.63, 3.8) is 0 Å². The van der Waals surface area contributed by atoms with Crippen molar-refractivity contribution >= 4 is 12.0 Å². The molecule has 1 N–H and O–H groups in total. The molecule has 0 unspecified atom stereocenters. The van der Waals surface area contributed by atoms with E-state index in [1.165, 1.54) is 6.08 Å². The molecule has 2 aromatic rings. The number of nitrogens with one attached hydrogen (secondary N) is 1. The van der Waals surface area contributed by atoms with Gasteiger partial charge in [0.25, 0.3) is 0 Å². The Bertz CT molecular complexity index is 607. The van der Waals surface area contributed by atoms with E-state index in [9.17, 15) is 4.79 Å². The molecule has 1 aromatic carbocycles. The Morgan fingerprint density at radius 1 is 1.23 bits per heavy atom. The van der Waals surface area contributed by atoms with Gasteiger partial charge < -0.3 is 10.1 Å². The van der Waals surface area contributed by atoms with Crippen LogP contribution in [-0.2, 0) is 22.7 Å². The zero-order chi connectivity index (χ0) is 15.6. The monoisotopic (exact) mass is 296 g/mol. The highest BCUT2D eigenvalue weighted by Gasteiger charge is 1.98. The van der Waals surface area contributed by atoms with Gasteiger partial charge in [0, 0.05) is 31.6 Å². The highest BCUT2D eigenvalue weighted by molar-refractivity contribution is 5.91. The molecule has 114 valence electrons. The van der Waals surface area contributed by atoms with Gasteiger partial charge in [-0.3, -0.25) is 9.78 Å². The molecule has 1 amide bonds. The van der Waals surface area contributed by atoms with Crippen LogP contribution in [0.1, 0.15) is 23.6 Å². The Kier molecular flexibility index (Phi) is 6.33. The number of benzene rings is 1. The summed E-state index contributed by atoms with van der Waals surface area (Å²) in [5.74, 6) is -0.123. The molecule has 0 saturated carbocycles. The first-order valence-electron chi connectivity index (χ1n) is 7.29. The van der Waals surface area contributed by atoms with Crippen molar-refractivity contribution < 1.29 is 9.53 Å². The Hall–Kier alpha value is -2.46. The fourth-order valence-electron chi connectivity index (χ4n) is 1.87. The van der Waals surface area contributed by atoms with Gasteiger partial charge in [0.1, 0.15) is 0 Å². The largest absolute Gasteiger partial charge is 0.377 e. The van der Waals surface area contributed by atoms with Gasteiger partial charge in [-0.05, 0) is 35.8 Å². The number of amides is 1. The van der Waals surface area contributed by atoms with Crippen LogP contribution in [0.4, 0.5) is 0 Å². The number of rotatable bonds is 7. The maximum absolute atomic E-state index is 11.8. The van der Waals surface area contributed by atoms with E-state index in [4.69, 9.17) is 4.74 Å². The molecule has 4 nitrogen and oxygen atoms in total. The van der Waals surface area contributed by atoms with Crippen LogP contribution in [0.3, 0.4) is 0 Å². The molecule has 0 fully saturated rings. The van der Waals surface area contributed by atoms with Crippen molar-refractivity contribution in [3.8, 4) is 0 Å². The van der Waals surface area contributed by atoms with Crippen LogP contribution in [0.15, 0.2) is 54.9 Å². The number of nitrogens with zero attached hydrogens (tertiary/aromatic N) is 1. The maximum Gasteiger partial charge on any atom is 0.244 e. The predicted molar refractivity (Wildman–Crippen MR) is 86.9 cm³/mol. The number of ether oxygens (including phenoxy) is 1. The second kappa shape index (κ2) is 8.74. The second-order valence-electron chi connectivity index (χ2n) is 4.79. The standard InChI is InChI=1S/C18H20N2O2/c1-2-22-14-17-7-5-16(6-8-17)13-20-18(21)10-9-15-4-3-11-19-12-15/h3-12H,2,13-14H2,1H3,(H,20,21)/b10-9+. The van der Waals surface area contributed by atoms with Gasteiger partial charge in [-0.2, -0.15) is 0 Å². The highest BCUT2D eigenvalue weighted by Crippen LogP contribution is 2.06. The number of hydrogen-bond acceptors (Lipinski definition) is 3. The van der Waals surface area contributed by atoms with Crippen molar-refractivity contribution in [2.75, 3.05) is 6.61 Å². The lowest BCUT2D eigenvalue weighted by molar-refractivity contribution is -0.116. The van der Waals surface area contributed by atoms with Crippen LogP contribution in [0.25, 0.3) is 6.08 Å². The third-order valence-electron chi connectivity index (χ3n) is 3.07. The summed E-state index contributed by atoms with van der Waals surface area (Å²) in [4.78, 5) is 15.8. The average molecular weight is 296 g/mol. The second-order valence-corrected chi connectivity index (χ2v) is 4.79. The van der Waals surface area contributed by atoms with Gasteiger partial charge in [0.05, 0.1) is 6.61 Å². The fraction of sp³-hybridized carbons (Fsp3) is 0.222. The van der Waals surface area contributed by atoms with E-state index >= 15 is 0 Å². The molecule has 1 heterocycles. The van der Waals surface area contributed by atoms with E-state index in [0.717, 1.165) is 16.7 Å². The van der Waals surface area contributed by atoms with E-state index in [-0.39, 0.29) is 5.91 Å². The predicted octanol–water partition coefficient (Wildman–Crippen LogP) is 2.95. The third-order valence-corrected chi connectivity index (χ3v) is 3.07. The Morgan fingerprint density at radius 3 is 2.68 bits per heavy atom. The maximum atomic E-state index is 11.8. The normalized spacial score (nSPS) is 10.8. The Labute approximate surface area is 130 Å². The number of carbonyl (C=O) groups is 1. The number of carbonyl (C=O) groups excluding carboxylic acids is 1. The van der Waals surface area contributed by atoms with E-state index in [2.05, 4.69) is 10.3 Å². The van der Waals surface area contributed by atoms with Crippen molar-refractivity contribution in [2.24, 2.45) is 0 Å². The average Bonchev–Trinajstić information content (AvgIpc) is 2.58. The molecule has 22 heavy (non-hydrogen) atoms. The first-order chi connectivity index (χ1) is 10.8. The quantitative estimate of drug-likeness (QED) is 0.799. The molecule has 0 radical (unpaired) electrons. The number of aromatic nitrogens is 1. The SMILES string of the molecule is CCOCc1ccc(CNC(=O)/C=C/c2cccnc2)cc1. The van der Waals surface area contributed by atoms with Crippen molar-refractivity contribution in [1.29, 1.82) is 0 Å². The van der Waals surface area contributed by atoms with Crippen LogP contribution in [0.2, 0.25) is 0 Å². The van der Waals surface area contributed by atoms with Crippen LogP contribution >= 0.6 is 0 Å². The van der Waals surface area contributed by atoms with E-state index in [0.29, 0.717) is 19.8 Å². The van der Waals surface area contributed by atoms with Crippen molar-refractivity contribution in [3.05, 3.63) is 71.6 Å². The third kappa shape index (κ3) is 5.50. The van der Waals surface area contributed by atoms with Gasteiger partial charge in [0.2, 0.25) is 5.91 Å². The summed E-state index contributed by atoms with van der Waals surface area (Å²) in [6, 6.07) is 11.8. The molecule has 2 rings (SSSR count). The van der Waals surface area contributed by atoms with Crippen LogP contribution in [0, 0.1) is 0 Å². The van der Waals surface area contributed by atoms with Gasteiger partial charge in [-0.1, -0.05) is 30.3 Å². The van der Waals surface area contributed by atoms with Gasteiger partial charge in [-0.15, -0.1) is 0 Å². The molecular weight excluding hydrogens is 276 g/mol. The van der Waals surface area contributed by atoms with Crippen LogP contribution in [-0.4, -0.2) is 17.5 Å². The Balaban J connectivity index is 1.79. The van der Waals surface area contributed by atoms with Gasteiger partial charge in [-0.25, -0.2) is 0 Å². The van der Waals surface area contributed by atoms with Gasteiger partial charge >= 0.3 is 0 Å². The Morgan fingerprint density at radius 2 is 2.00 bits per heavy atom. The van der Waals surface area contributed by atoms with Crippen LogP contribution in [0.5, 0.6) is 0 Å². The molecule has 0 aliphatic rings. The molecule has 0 atom stereocenters. The van der Waals surface area contributed by atoms with Crippen molar-refractivity contribution in [1.82, 2.24) is 10.3 Å². The smallest absolute Gasteiger partial charge is 0.244 e. The van der Waals surface area contributed by atoms with Crippen LogP contribution < -0.4 is 5.32 Å². The van der Waals surface area contributed by atoms with E-state index in [1.807, 2.05) is 43.3 Å². The minimum atomic E-state index is -0.123. The molecule has 0 aliphatic carbocycles. The molecule has 0 aliphatic heterocycles. The van der Waals surface area contributed by atoms with E-state index < -0.39 is 0 Å². The molecule has 0 bridgehead atoms. The van der Waals surface area contributed by atoms with Crippen molar-refractivity contribution in [2.45, 2.75) is 20.1 Å². The molecule has 4 heteroatoms. The summed E-state index contributed by atoms with van der Waals surface area (Å²) < 4.78 is 5.35. The number of pyridine rings is 1. The summed E-state index contributed by atoms with van der Waals surface area (Å²) in [6.45, 7) is 3.81. The lowest BCUT2D eigenvalue weighted by atomic mass is 10.1. The first-order valence-corrected chi connectivity index (χ1v) is 7.29. The summed E-state index contributed by atoms with van der Waals surface area (Å²) in [5, 5.41) is 2.85. The molecule has 1 aromatic heterocycles. The zero-order valence-corrected chi connectivity index (χ0v) is 12.7. The van der Waals surface area contributed by atoms with E-state index in [1.54, 1.807) is 18.5 Å². The first kappa shape index (κ1) is 15.9. The zero-order valence-electron chi connectivity index (χ0n) is 12.7. The summed E-state index contributed by atoms with van der Waals surface area (Å²) >= 11 is 0. The lowest BCUT2D eigenvalue weighted by Gasteiger charge is -2.05. The summed E-state index contributed by atoms with van der Waals surface area (Å²) in [5.41, 5.74) is 3.09. The summed E-state index contributed by atoms with van der Waals surface area (Å²) in [6.07, 6.45) is 6.67. The topological polar surface area (TPSA) is 51.2 Å². The minimum Gasteiger partial charge on any atom is -0.377 e. The molecular formula is C18H20N2O2. The highest BCUT2D eigenvalue weighted by atomic mass is 16.5. The lowest BCUT2D eigenvalue weighted by Crippen LogP contribution is -2.20. The minimum absolute atomic E-state index is 0.123.